The Morgan fingerprint density at radius 1 is 1.23 bits per heavy atom. The molecule has 5 nitrogen and oxygen atoms in total. The van der Waals surface area contributed by atoms with Crippen molar-refractivity contribution in [2.45, 2.75) is 58.1 Å². The first-order chi connectivity index (χ1) is 16.6. The molecule has 5 rings (SSSR count). The molecule has 0 bridgehead atoms. The van der Waals surface area contributed by atoms with E-state index in [4.69, 9.17) is 5.73 Å². The number of allylic oxidation sites excluding steroid dienone is 2. The summed E-state index contributed by atoms with van der Waals surface area (Å²) in [6.07, 6.45) is 4.74. The molecule has 0 spiro atoms. The number of fused-ring (bicyclic) bond motifs is 3. The predicted molar refractivity (Wildman–Crippen MR) is 134 cm³/mol. The van der Waals surface area contributed by atoms with E-state index in [9.17, 15) is 14.7 Å². The number of primary amides is 1. The minimum absolute atomic E-state index is 0.110. The lowest BCUT2D eigenvalue weighted by atomic mass is 9.75. The van der Waals surface area contributed by atoms with Crippen LogP contribution in [0, 0.1) is 11.7 Å². The maximum Gasteiger partial charge on any atom is 0.249 e. The summed E-state index contributed by atoms with van der Waals surface area (Å²) in [4.78, 5) is 26.2. The highest BCUT2D eigenvalue weighted by atomic mass is 19.1. The molecule has 1 aliphatic heterocycles. The van der Waals surface area contributed by atoms with Crippen molar-refractivity contribution in [2.24, 2.45) is 11.7 Å². The molecule has 6 heteroatoms. The quantitative estimate of drug-likeness (QED) is 0.638. The number of halogens is 1. The molecule has 35 heavy (non-hydrogen) atoms. The second-order valence-corrected chi connectivity index (χ2v) is 10.5. The molecular weight excluding hydrogens is 443 g/mol. The monoisotopic (exact) mass is 474 g/mol. The number of aliphatic hydroxyl groups is 1. The van der Waals surface area contributed by atoms with Crippen molar-refractivity contribution in [1.82, 2.24) is 4.90 Å². The molecule has 2 aromatic carbocycles. The highest BCUT2D eigenvalue weighted by molar-refractivity contribution is 6.00. The van der Waals surface area contributed by atoms with E-state index in [2.05, 4.69) is 6.58 Å². The standard InChI is InChI=1S/C29H31FN2O3/c1-4-25(33)32-11-10-19-16(15-32)6-5-7-21(19)27-24(30)14-23(28(31)34)22-13-17-12-18(29(2,3)35)8-9-20(17)26(22)27/h4-7,14,18,35H,1,8-13,15H2,2-3H3,(H2,31,34)/t18-/m0/s1. The Morgan fingerprint density at radius 3 is 2.69 bits per heavy atom. The molecular formula is C29H31FN2O3. The highest BCUT2D eigenvalue weighted by Gasteiger charge is 2.38. The number of carbonyl (C=O) groups excluding carboxylic acids is 2. The third-order valence-electron chi connectivity index (χ3n) is 8.03. The zero-order valence-electron chi connectivity index (χ0n) is 20.3. The Kier molecular flexibility index (Phi) is 5.67. The Morgan fingerprint density at radius 2 is 2.00 bits per heavy atom. The van der Waals surface area contributed by atoms with Gasteiger partial charge in [-0.3, -0.25) is 9.59 Å². The smallest absolute Gasteiger partial charge is 0.249 e. The van der Waals surface area contributed by atoms with Crippen LogP contribution in [0.3, 0.4) is 0 Å². The number of benzene rings is 2. The van der Waals surface area contributed by atoms with Gasteiger partial charge >= 0.3 is 0 Å². The number of nitrogens with zero attached hydrogens (tertiary/aromatic N) is 1. The normalized spacial score (nSPS) is 19.2. The Bertz CT molecular complexity index is 1300. The summed E-state index contributed by atoms with van der Waals surface area (Å²) in [5, 5.41) is 10.6. The van der Waals surface area contributed by atoms with Crippen LogP contribution < -0.4 is 5.73 Å². The molecule has 0 fully saturated rings. The second kappa shape index (κ2) is 8.45. The number of hydrogen-bond acceptors (Lipinski definition) is 3. The molecule has 2 aromatic rings. The summed E-state index contributed by atoms with van der Waals surface area (Å²) in [5.41, 5.74) is 12.4. The molecule has 0 saturated heterocycles. The first-order valence-electron chi connectivity index (χ1n) is 12.2. The fourth-order valence-corrected chi connectivity index (χ4v) is 6.17. The van der Waals surface area contributed by atoms with Crippen LogP contribution in [0.4, 0.5) is 4.39 Å². The summed E-state index contributed by atoms with van der Waals surface area (Å²) in [6.45, 7) is 8.26. The van der Waals surface area contributed by atoms with E-state index in [0.717, 1.165) is 52.7 Å². The van der Waals surface area contributed by atoms with E-state index in [-0.39, 0.29) is 17.4 Å². The van der Waals surface area contributed by atoms with E-state index in [0.29, 0.717) is 31.5 Å². The number of nitrogens with two attached hydrogens (primary N) is 1. The van der Waals surface area contributed by atoms with Crippen LogP contribution in [0.5, 0.6) is 0 Å². The molecule has 182 valence electrons. The van der Waals surface area contributed by atoms with E-state index < -0.39 is 17.3 Å². The molecule has 0 unspecified atom stereocenters. The van der Waals surface area contributed by atoms with Crippen LogP contribution >= 0.6 is 0 Å². The predicted octanol–water partition coefficient (Wildman–Crippen LogP) is 4.54. The summed E-state index contributed by atoms with van der Waals surface area (Å²) >= 11 is 0. The van der Waals surface area contributed by atoms with E-state index in [1.54, 1.807) is 4.90 Å². The molecule has 2 amide bonds. The van der Waals surface area contributed by atoms with Crippen LogP contribution in [-0.4, -0.2) is 34.0 Å². The average Bonchev–Trinajstić information content (AvgIpc) is 3.20. The molecule has 0 saturated carbocycles. The van der Waals surface area contributed by atoms with Gasteiger partial charge < -0.3 is 15.7 Å². The van der Waals surface area contributed by atoms with Gasteiger partial charge in [0.2, 0.25) is 11.8 Å². The van der Waals surface area contributed by atoms with Gasteiger partial charge in [0.15, 0.2) is 0 Å². The minimum atomic E-state index is -0.804. The molecule has 0 radical (unpaired) electrons. The maximum absolute atomic E-state index is 15.9. The number of hydrogen-bond donors (Lipinski definition) is 2. The topological polar surface area (TPSA) is 83.6 Å². The number of amides is 2. The van der Waals surface area contributed by atoms with Crippen LogP contribution in [0.2, 0.25) is 0 Å². The number of rotatable bonds is 4. The van der Waals surface area contributed by atoms with Crippen LogP contribution in [0.1, 0.15) is 65.7 Å². The number of carbonyl (C=O) groups is 2. The summed E-state index contributed by atoms with van der Waals surface area (Å²) in [6, 6.07) is 7.11. The van der Waals surface area contributed by atoms with Crippen molar-refractivity contribution in [1.29, 1.82) is 0 Å². The van der Waals surface area contributed by atoms with Gasteiger partial charge in [-0.1, -0.05) is 30.4 Å². The van der Waals surface area contributed by atoms with Gasteiger partial charge in [-0.25, -0.2) is 4.39 Å². The molecule has 2 aliphatic carbocycles. The van der Waals surface area contributed by atoms with Gasteiger partial charge in [0.1, 0.15) is 5.82 Å². The van der Waals surface area contributed by atoms with E-state index in [1.807, 2.05) is 32.0 Å². The van der Waals surface area contributed by atoms with Crippen molar-refractivity contribution in [3.05, 3.63) is 76.1 Å². The van der Waals surface area contributed by atoms with Crippen LogP contribution in [0.15, 0.2) is 42.5 Å². The maximum atomic E-state index is 15.9. The average molecular weight is 475 g/mol. The molecule has 0 aromatic heterocycles. The van der Waals surface area contributed by atoms with E-state index in [1.165, 1.54) is 17.7 Å². The first kappa shape index (κ1) is 23.5. The van der Waals surface area contributed by atoms with E-state index >= 15 is 4.39 Å². The molecule has 3 aliphatic rings. The second-order valence-electron chi connectivity index (χ2n) is 10.5. The van der Waals surface area contributed by atoms with Gasteiger partial charge in [0.25, 0.3) is 0 Å². The van der Waals surface area contributed by atoms with Crippen molar-refractivity contribution in [3.63, 3.8) is 0 Å². The minimum Gasteiger partial charge on any atom is -0.390 e. The lowest BCUT2D eigenvalue weighted by Crippen LogP contribution is -2.35. The van der Waals surface area contributed by atoms with Crippen LogP contribution in [0.25, 0.3) is 16.7 Å². The first-order valence-corrected chi connectivity index (χ1v) is 12.2. The SMILES string of the molecule is C=CC(=O)N1CCc2c(cccc2-c2c(F)cc(C(N)=O)c3c2C2=C(C3)C[C@@H](C(C)(C)O)CC2)C1. The van der Waals surface area contributed by atoms with Crippen molar-refractivity contribution < 1.29 is 19.1 Å². The molecule has 1 atom stereocenters. The van der Waals surface area contributed by atoms with Crippen LogP contribution in [-0.2, 0) is 24.2 Å². The van der Waals surface area contributed by atoms with Gasteiger partial charge in [0, 0.05) is 24.2 Å². The summed E-state index contributed by atoms with van der Waals surface area (Å²) in [5.74, 6) is -1.08. The third-order valence-corrected chi connectivity index (χ3v) is 8.03. The Hall–Kier alpha value is -3.25. The largest absolute Gasteiger partial charge is 0.390 e. The van der Waals surface area contributed by atoms with Crippen molar-refractivity contribution >= 4 is 17.4 Å². The lowest BCUT2D eigenvalue weighted by Gasteiger charge is -2.34. The van der Waals surface area contributed by atoms with Gasteiger partial charge in [0.05, 0.1) is 5.60 Å². The van der Waals surface area contributed by atoms with Crippen molar-refractivity contribution in [2.75, 3.05) is 6.54 Å². The fraction of sp³-hybridized carbons (Fsp3) is 0.379. The third kappa shape index (κ3) is 3.90. The molecule has 3 N–H and O–H groups in total. The zero-order valence-corrected chi connectivity index (χ0v) is 20.3. The Balaban J connectivity index is 1.67. The lowest BCUT2D eigenvalue weighted by molar-refractivity contribution is -0.126. The van der Waals surface area contributed by atoms with Gasteiger partial charge in [-0.2, -0.15) is 0 Å². The van der Waals surface area contributed by atoms with Gasteiger partial charge in [-0.15, -0.1) is 0 Å². The highest BCUT2D eigenvalue weighted by Crippen LogP contribution is 2.51. The summed E-state index contributed by atoms with van der Waals surface area (Å²) in [7, 11) is 0. The summed E-state index contributed by atoms with van der Waals surface area (Å²) < 4.78 is 15.9. The van der Waals surface area contributed by atoms with Crippen molar-refractivity contribution in [3.8, 4) is 11.1 Å². The molecule has 1 heterocycles. The Labute approximate surface area is 205 Å². The van der Waals surface area contributed by atoms with Gasteiger partial charge in [-0.05, 0) is 97.4 Å². The zero-order chi connectivity index (χ0) is 25.1. The fourth-order valence-electron chi connectivity index (χ4n) is 6.17.